The first-order valence-electron chi connectivity index (χ1n) is 4.91. The van der Waals surface area contributed by atoms with Gasteiger partial charge < -0.3 is 5.73 Å². The molecular weight excluding hydrogens is 275 g/mol. The van der Waals surface area contributed by atoms with Gasteiger partial charge in [-0.1, -0.05) is 23.2 Å². The zero-order valence-electron chi connectivity index (χ0n) is 9.02. The molecule has 1 aromatic carbocycles. The van der Waals surface area contributed by atoms with Crippen LogP contribution in [0.25, 0.3) is 0 Å². The molecule has 0 radical (unpaired) electrons. The van der Waals surface area contributed by atoms with Crippen LogP contribution < -0.4 is 11.1 Å². The summed E-state index contributed by atoms with van der Waals surface area (Å²) >= 11 is 11.7. The number of hydrogen-bond acceptors (Lipinski definition) is 4. The highest BCUT2D eigenvalue weighted by molar-refractivity contribution is 6.39. The van der Waals surface area contributed by atoms with E-state index in [-0.39, 0.29) is 27.2 Å². The molecule has 2 aromatic rings. The van der Waals surface area contributed by atoms with Crippen molar-refractivity contribution in [3.8, 4) is 0 Å². The predicted molar refractivity (Wildman–Crippen MR) is 70.9 cm³/mol. The van der Waals surface area contributed by atoms with Crippen molar-refractivity contribution in [2.24, 2.45) is 0 Å². The summed E-state index contributed by atoms with van der Waals surface area (Å²) in [6, 6.07) is 4.51. The van der Waals surface area contributed by atoms with Crippen molar-refractivity contribution in [1.82, 2.24) is 9.97 Å². The maximum absolute atomic E-state index is 11.9. The van der Waals surface area contributed by atoms with Gasteiger partial charge in [0.25, 0.3) is 5.91 Å². The zero-order chi connectivity index (χ0) is 13.1. The van der Waals surface area contributed by atoms with Crippen molar-refractivity contribution in [3.05, 3.63) is 46.2 Å². The quantitative estimate of drug-likeness (QED) is 0.830. The highest BCUT2D eigenvalue weighted by Crippen LogP contribution is 2.28. The van der Waals surface area contributed by atoms with Crippen LogP contribution in [0.2, 0.25) is 10.0 Å². The Labute approximate surface area is 113 Å². The highest BCUT2D eigenvalue weighted by Gasteiger charge is 2.12. The van der Waals surface area contributed by atoms with Crippen LogP contribution in [0.1, 0.15) is 10.4 Å². The Morgan fingerprint density at radius 2 is 1.72 bits per heavy atom. The summed E-state index contributed by atoms with van der Waals surface area (Å²) < 4.78 is 0. The lowest BCUT2D eigenvalue weighted by molar-refractivity contribution is 0.102. The normalized spacial score (nSPS) is 10.1. The maximum Gasteiger partial charge on any atom is 0.258 e. The van der Waals surface area contributed by atoms with E-state index in [1.54, 1.807) is 6.07 Å². The van der Waals surface area contributed by atoms with E-state index >= 15 is 0 Å². The van der Waals surface area contributed by atoms with Gasteiger partial charge in [0, 0.05) is 18.0 Å². The summed E-state index contributed by atoms with van der Waals surface area (Å²) in [4.78, 5) is 19.6. The fourth-order valence-electron chi connectivity index (χ4n) is 1.25. The standard InChI is InChI=1S/C11H8Cl2N4O/c12-7-4-6(5-8(13)9(7)14)10(18)17-11-15-2-1-3-16-11/h1-5H,14H2,(H,15,16,17,18). The Morgan fingerprint density at radius 3 is 2.28 bits per heavy atom. The minimum atomic E-state index is -0.412. The Balaban J connectivity index is 2.25. The first-order chi connectivity index (χ1) is 8.58. The SMILES string of the molecule is Nc1c(Cl)cc(C(=O)Nc2ncccn2)cc1Cl. The molecule has 1 aromatic heterocycles. The van der Waals surface area contributed by atoms with Crippen LogP contribution in [0.4, 0.5) is 11.6 Å². The molecule has 18 heavy (non-hydrogen) atoms. The number of rotatable bonds is 2. The number of nitrogens with zero attached hydrogens (tertiary/aromatic N) is 2. The van der Waals surface area contributed by atoms with Crippen LogP contribution in [0.3, 0.4) is 0 Å². The van der Waals surface area contributed by atoms with Crippen molar-refractivity contribution < 1.29 is 4.79 Å². The molecule has 0 aliphatic carbocycles. The van der Waals surface area contributed by atoms with Gasteiger partial charge in [-0.15, -0.1) is 0 Å². The summed E-state index contributed by atoms with van der Waals surface area (Å²) in [6.07, 6.45) is 3.04. The van der Waals surface area contributed by atoms with Crippen LogP contribution in [0.5, 0.6) is 0 Å². The molecule has 0 saturated heterocycles. The van der Waals surface area contributed by atoms with E-state index < -0.39 is 5.91 Å². The number of amides is 1. The number of nitrogen functional groups attached to an aromatic ring is 1. The fraction of sp³-hybridized carbons (Fsp3) is 0. The van der Waals surface area contributed by atoms with Crippen LogP contribution in [0, 0.1) is 0 Å². The van der Waals surface area contributed by atoms with Gasteiger partial charge in [-0.2, -0.15) is 0 Å². The van der Waals surface area contributed by atoms with Crippen LogP contribution in [-0.4, -0.2) is 15.9 Å². The summed E-state index contributed by atoms with van der Waals surface area (Å²) in [5, 5.41) is 2.96. The number of nitrogens with one attached hydrogen (secondary N) is 1. The van der Waals surface area contributed by atoms with Crippen LogP contribution in [-0.2, 0) is 0 Å². The summed E-state index contributed by atoms with van der Waals surface area (Å²) in [5.74, 6) is -0.212. The van der Waals surface area contributed by atoms with Crippen molar-refractivity contribution >= 4 is 40.7 Å². The van der Waals surface area contributed by atoms with E-state index in [4.69, 9.17) is 28.9 Å². The first-order valence-corrected chi connectivity index (χ1v) is 5.66. The van der Waals surface area contributed by atoms with Gasteiger partial charge >= 0.3 is 0 Å². The number of carbonyl (C=O) groups excluding carboxylic acids is 1. The third-order valence-corrected chi connectivity index (χ3v) is 2.76. The van der Waals surface area contributed by atoms with Gasteiger partial charge in [0.1, 0.15) is 0 Å². The second kappa shape index (κ2) is 5.20. The number of benzene rings is 1. The molecule has 5 nitrogen and oxygen atoms in total. The Bertz CT molecular complexity index is 566. The van der Waals surface area contributed by atoms with Crippen molar-refractivity contribution in [3.63, 3.8) is 0 Å². The molecule has 0 unspecified atom stereocenters. The predicted octanol–water partition coefficient (Wildman–Crippen LogP) is 2.62. The summed E-state index contributed by atoms with van der Waals surface area (Å²) in [6.45, 7) is 0. The molecular formula is C11H8Cl2N4O. The second-order valence-corrected chi connectivity index (χ2v) is 4.19. The minimum Gasteiger partial charge on any atom is -0.396 e. The van der Waals surface area contributed by atoms with Crippen LogP contribution in [0.15, 0.2) is 30.6 Å². The number of anilines is 2. The molecule has 7 heteroatoms. The lowest BCUT2D eigenvalue weighted by Crippen LogP contribution is -2.14. The lowest BCUT2D eigenvalue weighted by Gasteiger charge is -2.06. The van der Waals surface area contributed by atoms with Crippen molar-refractivity contribution in [2.75, 3.05) is 11.1 Å². The summed E-state index contributed by atoms with van der Waals surface area (Å²) in [5.41, 5.74) is 6.11. The molecule has 1 heterocycles. The largest absolute Gasteiger partial charge is 0.396 e. The molecule has 2 rings (SSSR count). The van der Waals surface area contributed by atoms with E-state index in [1.165, 1.54) is 24.5 Å². The molecule has 3 N–H and O–H groups in total. The molecule has 0 atom stereocenters. The molecule has 1 amide bonds. The maximum atomic E-state index is 11.9. The van der Waals surface area contributed by atoms with Gasteiger partial charge in [0.15, 0.2) is 0 Å². The number of nitrogens with two attached hydrogens (primary N) is 1. The van der Waals surface area contributed by atoms with E-state index in [0.717, 1.165) is 0 Å². The average molecular weight is 283 g/mol. The van der Waals surface area contributed by atoms with Gasteiger partial charge in [0.05, 0.1) is 15.7 Å². The Hall–Kier alpha value is -1.85. The fourth-order valence-corrected chi connectivity index (χ4v) is 1.74. The van der Waals surface area contributed by atoms with Gasteiger partial charge in [0.2, 0.25) is 5.95 Å². The van der Waals surface area contributed by atoms with Crippen molar-refractivity contribution in [1.29, 1.82) is 0 Å². The minimum absolute atomic E-state index is 0.201. The molecule has 0 fully saturated rings. The second-order valence-electron chi connectivity index (χ2n) is 3.38. The molecule has 0 bridgehead atoms. The number of halogens is 2. The third-order valence-electron chi connectivity index (χ3n) is 2.13. The average Bonchev–Trinajstić information content (AvgIpc) is 2.36. The van der Waals surface area contributed by atoms with E-state index in [0.29, 0.717) is 0 Å². The topological polar surface area (TPSA) is 80.9 Å². The molecule has 0 saturated carbocycles. The van der Waals surface area contributed by atoms with E-state index in [9.17, 15) is 4.79 Å². The number of hydrogen-bond donors (Lipinski definition) is 2. The summed E-state index contributed by atoms with van der Waals surface area (Å²) in [7, 11) is 0. The number of aromatic nitrogens is 2. The molecule has 0 aliphatic heterocycles. The van der Waals surface area contributed by atoms with E-state index in [2.05, 4.69) is 15.3 Å². The van der Waals surface area contributed by atoms with Crippen LogP contribution >= 0.6 is 23.2 Å². The lowest BCUT2D eigenvalue weighted by atomic mass is 10.2. The van der Waals surface area contributed by atoms with Gasteiger partial charge in [-0.25, -0.2) is 9.97 Å². The smallest absolute Gasteiger partial charge is 0.258 e. The van der Waals surface area contributed by atoms with Gasteiger partial charge in [-0.05, 0) is 18.2 Å². The third kappa shape index (κ3) is 2.69. The van der Waals surface area contributed by atoms with Gasteiger partial charge in [-0.3, -0.25) is 10.1 Å². The zero-order valence-corrected chi connectivity index (χ0v) is 10.5. The molecule has 0 spiro atoms. The van der Waals surface area contributed by atoms with E-state index in [1.807, 2.05) is 0 Å². The monoisotopic (exact) mass is 282 g/mol. The molecule has 0 aliphatic rings. The Kier molecular flexibility index (Phi) is 3.64. The first kappa shape index (κ1) is 12.6. The Morgan fingerprint density at radius 1 is 1.17 bits per heavy atom. The highest BCUT2D eigenvalue weighted by atomic mass is 35.5. The van der Waals surface area contributed by atoms with Crippen molar-refractivity contribution in [2.45, 2.75) is 0 Å². The number of carbonyl (C=O) groups is 1. The molecule has 92 valence electrons.